The van der Waals surface area contributed by atoms with Crippen molar-refractivity contribution in [1.82, 2.24) is 0 Å². The summed E-state index contributed by atoms with van der Waals surface area (Å²) in [7, 11) is 0. The molecule has 0 aliphatic carbocycles. The quantitative estimate of drug-likeness (QED) is 0.371. The van der Waals surface area contributed by atoms with Crippen LogP contribution in [-0.2, 0) is 0 Å². The average molecular weight is 374 g/mol. The summed E-state index contributed by atoms with van der Waals surface area (Å²) >= 11 is 3.67. The van der Waals surface area contributed by atoms with Gasteiger partial charge in [-0.15, -0.1) is 0 Å². The SMILES string of the molecule is Brc1cccc2c(N(c3ccccc3)c3ccccc3)cccc12. The predicted octanol–water partition coefficient (Wildman–Crippen LogP) is 7.07. The molecule has 4 aromatic carbocycles. The van der Waals surface area contributed by atoms with Crippen molar-refractivity contribution < 1.29 is 0 Å². The Balaban J connectivity index is 2.00. The van der Waals surface area contributed by atoms with Gasteiger partial charge in [0.1, 0.15) is 0 Å². The fourth-order valence-corrected chi connectivity index (χ4v) is 3.53. The lowest BCUT2D eigenvalue weighted by Crippen LogP contribution is -2.10. The van der Waals surface area contributed by atoms with E-state index in [1.807, 2.05) is 12.1 Å². The number of hydrogen-bond donors (Lipinski definition) is 0. The summed E-state index contributed by atoms with van der Waals surface area (Å²) in [5, 5.41) is 2.44. The normalized spacial score (nSPS) is 10.7. The summed E-state index contributed by atoms with van der Waals surface area (Å²) in [5.74, 6) is 0. The Morgan fingerprint density at radius 1 is 0.500 bits per heavy atom. The van der Waals surface area contributed by atoms with Crippen LogP contribution in [-0.4, -0.2) is 0 Å². The van der Waals surface area contributed by atoms with Crippen molar-refractivity contribution in [3.05, 3.63) is 102 Å². The smallest absolute Gasteiger partial charge is 0.0540 e. The third-order valence-corrected chi connectivity index (χ3v) is 4.81. The molecule has 0 heterocycles. The van der Waals surface area contributed by atoms with E-state index in [-0.39, 0.29) is 0 Å². The molecule has 2 heteroatoms. The topological polar surface area (TPSA) is 3.24 Å². The van der Waals surface area contributed by atoms with E-state index in [0.717, 1.165) is 15.8 Å². The van der Waals surface area contributed by atoms with Crippen molar-refractivity contribution in [3.8, 4) is 0 Å². The maximum atomic E-state index is 3.67. The van der Waals surface area contributed by atoms with Gasteiger partial charge >= 0.3 is 0 Å². The van der Waals surface area contributed by atoms with Crippen molar-refractivity contribution in [1.29, 1.82) is 0 Å². The fourth-order valence-electron chi connectivity index (χ4n) is 3.03. The highest BCUT2D eigenvalue weighted by Crippen LogP contribution is 2.39. The summed E-state index contributed by atoms with van der Waals surface area (Å²) in [6.45, 7) is 0. The molecule has 0 bridgehead atoms. The number of rotatable bonds is 3. The lowest BCUT2D eigenvalue weighted by Gasteiger charge is -2.26. The van der Waals surface area contributed by atoms with Gasteiger partial charge in [0.15, 0.2) is 0 Å². The van der Waals surface area contributed by atoms with E-state index < -0.39 is 0 Å². The van der Waals surface area contributed by atoms with Gasteiger partial charge in [0.2, 0.25) is 0 Å². The van der Waals surface area contributed by atoms with Crippen LogP contribution < -0.4 is 4.90 Å². The molecule has 0 aliphatic rings. The molecule has 0 aromatic heterocycles. The predicted molar refractivity (Wildman–Crippen MR) is 106 cm³/mol. The number of halogens is 1. The zero-order chi connectivity index (χ0) is 16.4. The molecule has 0 aliphatic heterocycles. The molecule has 116 valence electrons. The van der Waals surface area contributed by atoms with Crippen molar-refractivity contribution >= 4 is 43.8 Å². The largest absolute Gasteiger partial charge is 0.310 e. The third kappa shape index (κ3) is 2.70. The van der Waals surface area contributed by atoms with Gasteiger partial charge in [-0.3, -0.25) is 0 Å². The van der Waals surface area contributed by atoms with Gasteiger partial charge in [0.05, 0.1) is 5.69 Å². The minimum Gasteiger partial charge on any atom is -0.310 e. The van der Waals surface area contributed by atoms with E-state index >= 15 is 0 Å². The van der Waals surface area contributed by atoms with E-state index in [1.165, 1.54) is 16.5 Å². The standard InChI is InChI=1S/C22H16BrN/c23-21-15-7-14-20-19(21)13-8-16-22(20)24(17-9-3-1-4-10-17)18-11-5-2-6-12-18/h1-16H. The zero-order valence-corrected chi connectivity index (χ0v) is 14.6. The minimum atomic E-state index is 1.11. The van der Waals surface area contributed by atoms with Crippen molar-refractivity contribution in [2.75, 3.05) is 4.90 Å². The minimum absolute atomic E-state index is 1.11. The molecule has 0 atom stereocenters. The Kier molecular flexibility index (Phi) is 4.06. The fraction of sp³-hybridized carbons (Fsp3) is 0. The molecule has 0 amide bonds. The molecule has 0 radical (unpaired) electrons. The first-order chi connectivity index (χ1) is 11.8. The van der Waals surface area contributed by atoms with Crippen LogP contribution in [0.5, 0.6) is 0 Å². The second-order valence-electron chi connectivity index (χ2n) is 5.62. The highest BCUT2D eigenvalue weighted by molar-refractivity contribution is 9.10. The van der Waals surface area contributed by atoms with Gasteiger partial charge in [0.25, 0.3) is 0 Å². The van der Waals surface area contributed by atoms with Gasteiger partial charge in [0, 0.05) is 21.2 Å². The van der Waals surface area contributed by atoms with E-state index in [1.54, 1.807) is 0 Å². The highest BCUT2D eigenvalue weighted by Gasteiger charge is 2.14. The van der Waals surface area contributed by atoms with E-state index in [0.29, 0.717) is 0 Å². The first-order valence-electron chi connectivity index (χ1n) is 7.92. The molecule has 0 spiro atoms. The second kappa shape index (κ2) is 6.50. The van der Waals surface area contributed by atoms with Crippen LogP contribution in [0, 0.1) is 0 Å². The number of benzene rings is 4. The van der Waals surface area contributed by atoms with Gasteiger partial charge < -0.3 is 4.90 Å². The lowest BCUT2D eigenvalue weighted by atomic mass is 10.1. The maximum absolute atomic E-state index is 3.67. The Morgan fingerprint density at radius 3 is 1.67 bits per heavy atom. The number of hydrogen-bond acceptors (Lipinski definition) is 1. The summed E-state index contributed by atoms with van der Waals surface area (Å²) in [4.78, 5) is 2.30. The van der Waals surface area contributed by atoms with Crippen LogP contribution in [0.15, 0.2) is 102 Å². The number of anilines is 3. The molecule has 24 heavy (non-hydrogen) atoms. The molecule has 1 nitrogen and oxygen atoms in total. The Labute approximate surface area is 150 Å². The summed E-state index contributed by atoms with van der Waals surface area (Å²) < 4.78 is 1.11. The van der Waals surface area contributed by atoms with E-state index in [9.17, 15) is 0 Å². The number of fused-ring (bicyclic) bond motifs is 1. The Morgan fingerprint density at radius 2 is 1.04 bits per heavy atom. The molecule has 0 fully saturated rings. The van der Waals surface area contributed by atoms with Crippen LogP contribution in [0.1, 0.15) is 0 Å². The maximum Gasteiger partial charge on any atom is 0.0540 e. The molecule has 4 aromatic rings. The summed E-state index contributed by atoms with van der Waals surface area (Å²) in [5.41, 5.74) is 3.47. The van der Waals surface area contributed by atoms with E-state index in [2.05, 4.69) is 106 Å². The summed E-state index contributed by atoms with van der Waals surface area (Å²) in [6.07, 6.45) is 0. The van der Waals surface area contributed by atoms with Crippen molar-refractivity contribution in [2.24, 2.45) is 0 Å². The van der Waals surface area contributed by atoms with Gasteiger partial charge in [-0.1, -0.05) is 76.6 Å². The van der Waals surface area contributed by atoms with Gasteiger partial charge in [-0.25, -0.2) is 0 Å². The summed E-state index contributed by atoms with van der Waals surface area (Å²) in [6, 6.07) is 33.8. The zero-order valence-electron chi connectivity index (χ0n) is 13.1. The third-order valence-electron chi connectivity index (χ3n) is 4.12. The van der Waals surface area contributed by atoms with Crippen LogP contribution in [0.4, 0.5) is 17.1 Å². The van der Waals surface area contributed by atoms with Crippen molar-refractivity contribution in [2.45, 2.75) is 0 Å². The monoisotopic (exact) mass is 373 g/mol. The van der Waals surface area contributed by atoms with Crippen LogP contribution in [0.25, 0.3) is 10.8 Å². The Hall–Kier alpha value is -2.58. The molecule has 0 saturated carbocycles. The van der Waals surface area contributed by atoms with Gasteiger partial charge in [-0.2, -0.15) is 0 Å². The lowest BCUT2D eigenvalue weighted by molar-refractivity contribution is 1.30. The van der Waals surface area contributed by atoms with E-state index in [4.69, 9.17) is 0 Å². The van der Waals surface area contributed by atoms with Crippen LogP contribution in [0.3, 0.4) is 0 Å². The molecule has 0 saturated heterocycles. The number of para-hydroxylation sites is 2. The van der Waals surface area contributed by atoms with Crippen LogP contribution >= 0.6 is 15.9 Å². The van der Waals surface area contributed by atoms with Crippen molar-refractivity contribution in [3.63, 3.8) is 0 Å². The second-order valence-corrected chi connectivity index (χ2v) is 6.47. The molecular formula is C22H16BrN. The first kappa shape index (κ1) is 15.0. The molecular weight excluding hydrogens is 358 g/mol. The Bertz CT molecular complexity index is 925. The number of nitrogens with zero attached hydrogens (tertiary/aromatic N) is 1. The molecule has 0 unspecified atom stereocenters. The first-order valence-corrected chi connectivity index (χ1v) is 8.71. The van der Waals surface area contributed by atoms with Crippen LogP contribution in [0.2, 0.25) is 0 Å². The molecule has 4 rings (SSSR count). The van der Waals surface area contributed by atoms with Gasteiger partial charge in [-0.05, 0) is 41.8 Å². The molecule has 0 N–H and O–H groups in total. The highest BCUT2D eigenvalue weighted by atomic mass is 79.9. The average Bonchev–Trinajstić information content (AvgIpc) is 2.65.